The molecule has 0 aromatic carbocycles. The van der Waals surface area contributed by atoms with Gasteiger partial charge in [0.05, 0.1) is 11.8 Å². The molecule has 7 nitrogen and oxygen atoms in total. The smallest absolute Gasteiger partial charge is 0.245 e. The van der Waals surface area contributed by atoms with Crippen molar-refractivity contribution in [3.8, 4) is 11.4 Å². The first kappa shape index (κ1) is 12.2. The zero-order valence-corrected chi connectivity index (χ0v) is 11.1. The molecule has 0 spiro atoms. The van der Waals surface area contributed by atoms with Gasteiger partial charge in [-0.05, 0) is 32.4 Å². The van der Waals surface area contributed by atoms with E-state index in [4.69, 9.17) is 0 Å². The van der Waals surface area contributed by atoms with Crippen LogP contribution >= 0.6 is 0 Å². The van der Waals surface area contributed by atoms with Crippen molar-refractivity contribution < 1.29 is 0 Å². The molecule has 3 N–H and O–H groups in total. The summed E-state index contributed by atoms with van der Waals surface area (Å²) in [5, 5.41) is 17.2. The van der Waals surface area contributed by atoms with E-state index in [1.165, 1.54) is 12.8 Å². The fourth-order valence-corrected chi connectivity index (χ4v) is 2.53. The van der Waals surface area contributed by atoms with E-state index < -0.39 is 0 Å². The number of hydrogen-bond donors (Lipinski definition) is 3. The van der Waals surface area contributed by atoms with Crippen LogP contribution in [0.3, 0.4) is 0 Å². The van der Waals surface area contributed by atoms with Gasteiger partial charge < -0.3 is 10.2 Å². The van der Waals surface area contributed by atoms with Gasteiger partial charge in [0.15, 0.2) is 5.82 Å². The highest BCUT2D eigenvalue weighted by atomic mass is 15.4. The second kappa shape index (κ2) is 5.40. The number of piperidine rings is 1. The summed E-state index contributed by atoms with van der Waals surface area (Å²) >= 11 is 0. The van der Waals surface area contributed by atoms with Gasteiger partial charge in [0, 0.05) is 19.3 Å². The van der Waals surface area contributed by atoms with E-state index in [1.807, 2.05) is 13.2 Å². The Morgan fingerprint density at radius 3 is 2.95 bits per heavy atom. The molecular formula is C12H19N7. The third kappa shape index (κ3) is 2.60. The Bertz CT molecular complexity index is 496. The number of aromatic amines is 2. The van der Waals surface area contributed by atoms with Crippen LogP contribution in [0.5, 0.6) is 0 Å². The maximum absolute atomic E-state index is 4.53. The van der Waals surface area contributed by atoms with Gasteiger partial charge in [-0.3, -0.25) is 10.2 Å². The second-order valence-electron chi connectivity index (χ2n) is 4.96. The molecule has 0 bridgehead atoms. The van der Waals surface area contributed by atoms with Crippen LogP contribution in [0, 0.1) is 5.92 Å². The summed E-state index contributed by atoms with van der Waals surface area (Å²) in [4.78, 5) is 6.77. The number of nitrogens with one attached hydrogen (secondary N) is 3. The minimum atomic E-state index is 0.765. The Balaban J connectivity index is 1.64. The van der Waals surface area contributed by atoms with E-state index in [0.717, 1.165) is 42.9 Å². The first-order valence-corrected chi connectivity index (χ1v) is 6.68. The van der Waals surface area contributed by atoms with Crippen molar-refractivity contribution in [3.05, 3.63) is 12.4 Å². The number of aromatic nitrogens is 5. The van der Waals surface area contributed by atoms with Gasteiger partial charge in [-0.1, -0.05) is 0 Å². The van der Waals surface area contributed by atoms with Crippen molar-refractivity contribution >= 4 is 5.95 Å². The SMILES string of the molecule is CNCC1CCN(c2n[nH]c(-c3cn[nH]c3)n2)CC1. The normalized spacial score (nSPS) is 17.0. The summed E-state index contributed by atoms with van der Waals surface area (Å²) in [6, 6.07) is 0. The number of hydrogen-bond acceptors (Lipinski definition) is 5. The molecule has 2 aromatic rings. The summed E-state index contributed by atoms with van der Waals surface area (Å²) in [7, 11) is 2.01. The van der Waals surface area contributed by atoms with E-state index in [9.17, 15) is 0 Å². The summed E-state index contributed by atoms with van der Waals surface area (Å²) in [5.41, 5.74) is 0.934. The summed E-state index contributed by atoms with van der Waals surface area (Å²) < 4.78 is 0. The van der Waals surface area contributed by atoms with E-state index in [0.29, 0.717) is 0 Å². The average molecular weight is 261 g/mol. The molecule has 0 radical (unpaired) electrons. The Hall–Kier alpha value is -1.89. The lowest BCUT2D eigenvalue weighted by Gasteiger charge is -2.30. The van der Waals surface area contributed by atoms with Crippen LogP contribution in [0.1, 0.15) is 12.8 Å². The molecule has 0 aliphatic carbocycles. The van der Waals surface area contributed by atoms with Gasteiger partial charge in [0.25, 0.3) is 0 Å². The molecule has 1 aliphatic heterocycles. The highest BCUT2D eigenvalue weighted by Crippen LogP contribution is 2.22. The lowest BCUT2D eigenvalue weighted by Crippen LogP contribution is -2.37. The van der Waals surface area contributed by atoms with E-state index >= 15 is 0 Å². The molecule has 0 unspecified atom stereocenters. The highest BCUT2D eigenvalue weighted by Gasteiger charge is 2.21. The quantitative estimate of drug-likeness (QED) is 0.751. The minimum absolute atomic E-state index is 0.765. The van der Waals surface area contributed by atoms with Crippen LogP contribution in [0.2, 0.25) is 0 Å². The van der Waals surface area contributed by atoms with Gasteiger partial charge in [0.2, 0.25) is 5.95 Å². The van der Waals surface area contributed by atoms with Crippen molar-refractivity contribution in [2.24, 2.45) is 5.92 Å². The highest BCUT2D eigenvalue weighted by molar-refractivity contribution is 5.53. The van der Waals surface area contributed by atoms with Crippen LogP contribution in [-0.4, -0.2) is 52.1 Å². The zero-order valence-electron chi connectivity index (χ0n) is 11.1. The molecule has 1 saturated heterocycles. The number of rotatable bonds is 4. The largest absolute Gasteiger partial charge is 0.340 e. The van der Waals surface area contributed by atoms with E-state index in [1.54, 1.807) is 6.20 Å². The standard InChI is InChI=1S/C12H19N7/c1-13-6-9-2-4-19(5-3-9)12-16-11(17-18-12)10-7-14-15-8-10/h7-9,13H,2-6H2,1H3,(H,14,15)(H,16,17,18). The molecule has 7 heteroatoms. The van der Waals surface area contributed by atoms with Crippen LogP contribution in [-0.2, 0) is 0 Å². The summed E-state index contributed by atoms with van der Waals surface area (Å²) in [6.07, 6.45) is 5.93. The summed E-state index contributed by atoms with van der Waals surface area (Å²) in [6.45, 7) is 3.14. The fraction of sp³-hybridized carbons (Fsp3) is 0.583. The van der Waals surface area contributed by atoms with Crippen LogP contribution in [0.25, 0.3) is 11.4 Å². The number of anilines is 1. The van der Waals surface area contributed by atoms with Gasteiger partial charge in [0.1, 0.15) is 0 Å². The molecule has 0 saturated carbocycles. The van der Waals surface area contributed by atoms with E-state index in [2.05, 4.69) is 35.6 Å². The predicted octanol–water partition coefficient (Wildman–Crippen LogP) is 0.631. The van der Waals surface area contributed by atoms with Crippen molar-refractivity contribution in [2.75, 3.05) is 31.6 Å². The average Bonchev–Trinajstić information content (AvgIpc) is 3.11. The first-order chi connectivity index (χ1) is 9.36. The van der Waals surface area contributed by atoms with Gasteiger partial charge in [-0.2, -0.15) is 10.1 Å². The Labute approximate surface area is 111 Å². The predicted molar refractivity (Wildman–Crippen MR) is 72.8 cm³/mol. The Morgan fingerprint density at radius 1 is 1.42 bits per heavy atom. The van der Waals surface area contributed by atoms with Gasteiger partial charge >= 0.3 is 0 Å². The zero-order chi connectivity index (χ0) is 13.1. The Morgan fingerprint density at radius 2 is 2.26 bits per heavy atom. The maximum atomic E-state index is 4.53. The number of nitrogens with zero attached hydrogens (tertiary/aromatic N) is 4. The molecule has 0 amide bonds. The fourth-order valence-electron chi connectivity index (χ4n) is 2.53. The molecule has 1 fully saturated rings. The Kier molecular flexibility index (Phi) is 3.45. The monoisotopic (exact) mass is 261 g/mol. The second-order valence-corrected chi connectivity index (χ2v) is 4.96. The molecular weight excluding hydrogens is 242 g/mol. The van der Waals surface area contributed by atoms with Crippen LogP contribution in [0.4, 0.5) is 5.95 Å². The topological polar surface area (TPSA) is 85.5 Å². The first-order valence-electron chi connectivity index (χ1n) is 6.68. The third-order valence-electron chi connectivity index (χ3n) is 3.64. The van der Waals surface area contributed by atoms with Crippen molar-refractivity contribution in [2.45, 2.75) is 12.8 Å². The van der Waals surface area contributed by atoms with Gasteiger partial charge in [-0.25, -0.2) is 0 Å². The third-order valence-corrected chi connectivity index (χ3v) is 3.64. The lowest BCUT2D eigenvalue weighted by molar-refractivity contribution is 0.391. The molecule has 19 heavy (non-hydrogen) atoms. The molecule has 2 aromatic heterocycles. The molecule has 102 valence electrons. The van der Waals surface area contributed by atoms with Crippen LogP contribution < -0.4 is 10.2 Å². The molecule has 3 heterocycles. The molecule has 0 atom stereocenters. The van der Waals surface area contributed by atoms with Crippen molar-refractivity contribution in [3.63, 3.8) is 0 Å². The van der Waals surface area contributed by atoms with Crippen molar-refractivity contribution in [1.29, 1.82) is 0 Å². The van der Waals surface area contributed by atoms with Gasteiger partial charge in [-0.15, -0.1) is 5.10 Å². The lowest BCUT2D eigenvalue weighted by atomic mass is 9.97. The minimum Gasteiger partial charge on any atom is -0.340 e. The summed E-state index contributed by atoms with van der Waals surface area (Å²) in [5.74, 6) is 2.33. The van der Waals surface area contributed by atoms with Crippen LogP contribution in [0.15, 0.2) is 12.4 Å². The van der Waals surface area contributed by atoms with E-state index in [-0.39, 0.29) is 0 Å². The molecule has 3 rings (SSSR count). The van der Waals surface area contributed by atoms with Crippen molar-refractivity contribution in [1.82, 2.24) is 30.7 Å². The maximum Gasteiger partial charge on any atom is 0.245 e. The number of H-pyrrole nitrogens is 2. The molecule has 1 aliphatic rings.